The van der Waals surface area contributed by atoms with Gasteiger partial charge in [0.05, 0.1) is 10.5 Å². The Kier molecular flexibility index (Phi) is 5.20. The molecule has 1 heterocycles. The Bertz CT molecular complexity index is 872. The van der Waals surface area contributed by atoms with Crippen LogP contribution in [0.25, 0.3) is 0 Å². The highest BCUT2D eigenvalue weighted by atomic mass is 32.2. The molecule has 1 amide bonds. The maximum atomic E-state index is 13.0. The van der Waals surface area contributed by atoms with Crippen LogP contribution < -0.4 is 5.32 Å². The first kappa shape index (κ1) is 17.6. The summed E-state index contributed by atoms with van der Waals surface area (Å²) < 4.78 is 27.4. The van der Waals surface area contributed by atoms with Gasteiger partial charge in [0.25, 0.3) is 5.91 Å². The summed E-state index contributed by atoms with van der Waals surface area (Å²) in [6, 6.07) is 13.8. The number of amides is 1. The summed E-state index contributed by atoms with van der Waals surface area (Å²) in [7, 11) is -3.67. The minimum absolute atomic E-state index is 0.0722. The van der Waals surface area contributed by atoms with E-state index in [1.807, 2.05) is 25.1 Å². The molecule has 0 aromatic heterocycles. The summed E-state index contributed by atoms with van der Waals surface area (Å²) in [4.78, 5) is 12.8. The Balaban J connectivity index is 1.93. The molecule has 1 fully saturated rings. The number of rotatable bonds is 4. The Labute approximate surface area is 148 Å². The SMILES string of the molecule is Cc1ccccc1NC(=O)c1ccccc1S(=O)(=O)N1CCCCC1. The molecule has 3 rings (SSSR count). The number of sulfonamides is 1. The van der Waals surface area contributed by atoms with Crippen LogP contribution in [0.4, 0.5) is 5.69 Å². The van der Waals surface area contributed by atoms with Gasteiger partial charge in [-0.3, -0.25) is 4.79 Å². The molecule has 132 valence electrons. The molecule has 2 aromatic carbocycles. The first-order chi connectivity index (χ1) is 12.0. The summed E-state index contributed by atoms with van der Waals surface area (Å²) in [6.07, 6.45) is 2.76. The van der Waals surface area contributed by atoms with Gasteiger partial charge in [0, 0.05) is 18.8 Å². The lowest BCUT2D eigenvalue weighted by atomic mass is 10.1. The lowest BCUT2D eigenvalue weighted by Crippen LogP contribution is -2.36. The number of benzene rings is 2. The monoisotopic (exact) mass is 358 g/mol. The molecule has 0 spiro atoms. The van der Waals surface area contributed by atoms with E-state index < -0.39 is 15.9 Å². The van der Waals surface area contributed by atoms with Gasteiger partial charge in [0.15, 0.2) is 0 Å². The van der Waals surface area contributed by atoms with E-state index in [0.717, 1.165) is 24.8 Å². The Morgan fingerprint density at radius 3 is 2.32 bits per heavy atom. The largest absolute Gasteiger partial charge is 0.322 e. The second-order valence-electron chi connectivity index (χ2n) is 6.23. The number of anilines is 1. The van der Waals surface area contributed by atoms with Gasteiger partial charge in [-0.25, -0.2) is 8.42 Å². The second kappa shape index (κ2) is 7.37. The summed E-state index contributed by atoms with van der Waals surface area (Å²) in [5.41, 5.74) is 1.78. The van der Waals surface area contributed by atoms with E-state index in [0.29, 0.717) is 18.8 Å². The van der Waals surface area contributed by atoms with Gasteiger partial charge in [0.2, 0.25) is 10.0 Å². The summed E-state index contributed by atoms with van der Waals surface area (Å²) >= 11 is 0. The third kappa shape index (κ3) is 3.75. The highest BCUT2D eigenvalue weighted by molar-refractivity contribution is 7.89. The van der Waals surface area contributed by atoms with Crippen molar-refractivity contribution in [3.05, 3.63) is 59.7 Å². The molecule has 1 aliphatic heterocycles. The number of hydrogen-bond acceptors (Lipinski definition) is 3. The van der Waals surface area contributed by atoms with Crippen molar-refractivity contribution in [3.63, 3.8) is 0 Å². The second-order valence-corrected chi connectivity index (χ2v) is 8.14. The number of hydrogen-bond donors (Lipinski definition) is 1. The molecule has 1 aliphatic rings. The summed E-state index contributed by atoms with van der Waals surface area (Å²) in [5.74, 6) is -0.412. The Morgan fingerprint density at radius 2 is 1.60 bits per heavy atom. The van der Waals surface area contributed by atoms with Gasteiger partial charge in [-0.05, 0) is 43.5 Å². The van der Waals surface area contributed by atoms with Crippen LogP contribution in [0.5, 0.6) is 0 Å². The van der Waals surface area contributed by atoms with E-state index >= 15 is 0 Å². The lowest BCUT2D eigenvalue weighted by Gasteiger charge is -2.26. The minimum Gasteiger partial charge on any atom is -0.322 e. The van der Waals surface area contributed by atoms with Gasteiger partial charge in [-0.15, -0.1) is 0 Å². The molecule has 0 unspecified atom stereocenters. The standard InChI is InChI=1S/C19H22N2O3S/c1-15-9-3-5-11-17(15)20-19(22)16-10-4-6-12-18(16)25(23,24)21-13-7-2-8-14-21/h3-6,9-12H,2,7-8,13-14H2,1H3,(H,20,22). The van der Waals surface area contributed by atoms with Crippen molar-refractivity contribution in [2.75, 3.05) is 18.4 Å². The predicted molar refractivity (Wildman–Crippen MR) is 98.2 cm³/mol. The third-order valence-corrected chi connectivity index (χ3v) is 6.41. The number of carbonyl (C=O) groups is 1. The zero-order valence-electron chi connectivity index (χ0n) is 14.2. The molecule has 25 heavy (non-hydrogen) atoms. The molecule has 0 saturated carbocycles. The molecule has 1 saturated heterocycles. The van der Waals surface area contributed by atoms with Crippen molar-refractivity contribution >= 4 is 21.6 Å². The van der Waals surface area contributed by atoms with Crippen LogP contribution in [0.1, 0.15) is 35.2 Å². The number of nitrogens with zero attached hydrogens (tertiary/aromatic N) is 1. The van der Waals surface area contributed by atoms with Gasteiger partial charge in [0.1, 0.15) is 0 Å². The minimum atomic E-state index is -3.67. The maximum Gasteiger partial charge on any atom is 0.257 e. The van der Waals surface area contributed by atoms with E-state index in [4.69, 9.17) is 0 Å². The van der Waals surface area contributed by atoms with Gasteiger partial charge < -0.3 is 5.32 Å². The zero-order valence-corrected chi connectivity index (χ0v) is 15.1. The van der Waals surface area contributed by atoms with Crippen LogP contribution in [-0.2, 0) is 10.0 Å². The topological polar surface area (TPSA) is 66.5 Å². The average Bonchev–Trinajstić information content (AvgIpc) is 2.64. The van der Waals surface area contributed by atoms with Crippen molar-refractivity contribution in [3.8, 4) is 0 Å². The Morgan fingerprint density at radius 1 is 0.960 bits per heavy atom. The molecule has 2 aromatic rings. The molecule has 0 aliphatic carbocycles. The van der Waals surface area contributed by atoms with Crippen molar-refractivity contribution in [1.82, 2.24) is 4.31 Å². The predicted octanol–water partition coefficient (Wildman–Crippen LogP) is 3.42. The number of nitrogens with one attached hydrogen (secondary N) is 1. The maximum absolute atomic E-state index is 13.0. The molecule has 0 atom stereocenters. The van der Waals surface area contributed by atoms with Gasteiger partial charge in [-0.2, -0.15) is 4.31 Å². The zero-order chi connectivity index (χ0) is 17.9. The van der Waals surface area contributed by atoms with Crippen molar-refractivity contribution < 1.29 is 13.2 Å². The molecule has 0 radical (unpaired) electrons. The average molecular weight is 358 g/mol. The van der Waals surface area contributed by atoms with Crippen LogP contribution in [0, 0.1) is 6.92 Å². The molecular formula is C19H22N2O3S. The molecule has 6 heteroatoms. The molecule has 1 N–H and O–H groups in total. The van der Waals surface area contributed by atoms with Crippen LogP contribution >= 0.6 is 0 Å². The fourth-order valence-corrected chi connectivity index (χ4v) is 4.73. The fourth-order valence-electron chi connectivity index (χ4n) is 3.03. The van der Waals surface area contributed by atoms with E-state index in [9.17, 15) is 13.2 Å². The molecular weight excluding hydrogens is 336 g/mol. The normalized spacial score (nSPS) is 15.7. The van der Waals surface area contributed by atoms with Crippen LogP contribution in [0.3, 0.4) is 0 Å². The van der Waals surface area contributed by atoms with E-state index in [1.54, 1.807) is 24.3 Å². The van der Waals surface area contributed by atoms with Crippen molar-refractivity contribution in [1.29, 1.82) is 0 Å². The van der Waals surface area contributed by atoms with Crippen LogP contribution in [0.2, 0.25) is 0 Å². The van der Waals surface area contributed by atoms with Crippen molar-refractivity contribution in [2.45, 2.75) is 31.1 Å². The van der Waals surface area contributed by atoms with E-state index in [-0.39, 0.29) is 10.5 Å². The highest BCUT2D eigenvalue weighted by Crippen LogP contribution is 2.24. The highest BCUT2D eigenvalue weighted by Gasteiger charge is 2.29. The van der Waals surface area contributed by atoms with E-state index in [1.165, 1.54) is 10.4 Å². The number of para-hydroxylation sites is 1. The first-order valence-electron chi connectivity index (χ1n) is 8.46. The van der Waals surface area contributed by atoms with Crippen LogP contribution in [-0.4, -0.2) is 31.7 Å². The Hall–Kier alpha value is -2.18. The number of piperidine rings is 1. The number of carbonyl (C=O) groups excluding carboxylic acids is 1. The van der Waals surface area contributed by atoms with E-state index in [2.05, 4.69) is 5.32 Å². The molecule has 0 bridgehead atoms. The molecule has 5 nitrogen and oxygen atoms in total. The van der Waals surface area contributed by atoms with Gasteiger partial charge >= 0.3 is 0 Å². The fraction of sp³-hybridized carbons (Fsp3) is 0.316. The quantitative estimate of drug-likeness (QED) is 0.911. The van der Waals surface area contributed by atoms with Crippen LogP contribution in [0.15, 0.2) is 53.4 Å². The lowest BCUT2D eigenvalue weighted by molar-refractivity contribution is 0.102. The van der Waals surface area contributed by atoms with Crippen molar-refractivity contribution in [2.24, 2.45) is 0 Å². The smallest absolute Gasteiger partial charge is 0.257 e. The summed E-state index contributed by atoms with van der Waals surface area (Å²) in [6.45, 7) is 2.91. The first-order valence-corrected chi connectivity index (χ1v) is 9.90. The third-order valence-electron chi connectivity index (χ3n) is 4.46. The van der Waals surface area contributed by atoms with Gasteiger partial charge in [-0.1, -0.05) is 36.8 Å². The summed E-state index contributed by atoms with van der Waals surface area (Å²) in [5, 5.41) is 2.82. The number of aryl methyl sites for hydroxylation is 1.